The van der Waals surface area contributed by atoms with E-state index in [9.17, 15) is 4.79 Å². The van der Waals surface area contributed by atoms with Gasteiger partial charge in [-0.3, -0.25) is 4.79 Å². The Hall–Kier alpha value is -1.89. The van der Waals surface area contributed by atoms with Gasteiger partial charge in [0.05, 0.1) is 0 Å². The van der Waals surface area contributed by atoms with Gasteiger partial charge in [0.2, 0.25) is 0 Å². The molecule has 30 heavy (non-hydrogen) atoms. The van der Waals surface area contributed by atoms with Gasteiger partial charge in [-0.15, -0.1) is 0 Å². The molecule has 0 aromatic heterocycles. The van der Waals surface area contributed by atoms with Crippen LogP contribution in [0.5, 0.6) is 0 Å². The molecule has 0 saturated heterocycles. The van der Waals surface area contributed by atoms with E-state index < -0.39 is 0 Å². The highest BCUT2D eigenvalue weighted by Crippen LogP contribution is 2.38. The average Bonchev–Trinajstić information content (AvgIpc) is 3.12. The molecule has 0 spiro atoms. The molecule has 0 amide bonds. The van der Waals surface area contributed by atoms with Crippen LogP contribution >= 0.6 is 0 Å². The summed E-state index contributed by atoms with van der Waals surface area (Å²) in [5.74, 6) is 0.314. The Labute approximate surface area is 184 Å². The minimum absolute atomic E-state index is 0.314. The van der Waals surface area contributed by atoms with Crippen LogP contribution in [0.2, 0.25) is 0 Å². The first kappa shape index (κ1) is 22.8. The van der Waals surface area contributed by atoms with Crippen LogP contribution in [-0.2, 0) is 12.8 Å². The van der Waals surface area contributed by atoms with Gasteiger partial charge in [0.15, 0.2) is 5.78 Å². The number of carbonyl (C=O) groups excluding carboxylic acids is 1. The van der Waals surface area contributed by atoms with E-state index in [2.05, 4.69) is 44.2 Å². The Balaban J connectivity index is 1.53. The molecule has 3 rings (SSSR count). The first-order chi connectivity index (χ1) is 14.7. The predicted octanol–water partition coefficient (Wildman–Crippen LogP) is 8.70. The number of rotatable bonds is 14. The average molecular weight is 405 g/mol. The van der Waals surface area contributed by atoms with Gasteiger partial charge in [0, 0.05) is 12.0 Å². The summed E-state index contributed by atoms with van der Waals surface area (Å²) in [6.45, 7) is 4.50. The van der Waals surface area contributed by atoms with Gasteiger partial charge in [-0.25, -0.2) is 0 Å². The molecular formula is C29H40O. The second-order valence-corrected chi connectivity index (χ2v) is 9.15. The molecule has 0 bridgehead atoms. The van der Waals surface area contributed by atoms with E-state index in [0.717, 1.165) is 18.4 Å². The fourth-order valence-electron chi connectivity index (χ4n) is 4.74. The predicted molar refractivity (Wildman–Crippen MR) is 129 cm³/mol. The van der Waals surface area contributed by atoms with Crippen LogP contribution in [0.25, 0.3) is 11.1 Å². The normalized spacial score (nSPS) is 12.1. The third-order valence-corrected chi connectivity index (χ3v) is 6.59. The summed E-state index contributed by atoms with van der Waals surface area (Å²) < 4.78 is 0. The Bertz CT molecular complexity index is 817. The van der Waals surface area contributed by atoms with Crippen molar-refractivity contribution in [1.29, 1.82) is 0 Å². The second-order valence-electron chi connectivity index (χ2n) is 9.15. The van der Waals surface area contributed by atoms with Crippen LogP contribution in [0.3, 0.4) is 0 Å². The summed E-state index contributed by atoms with van der Waals surface area (Å²) in [5, 5.41) is 0. The van der Waals surface area contributed by atoms with Crippen molar-refractivity contribution in [2.75, 3.05) is 0 Å². The zero-order valence-corrected chi connectivity index (χ0v) is 19.3. The molecule has 0 radical (unpaired) electrons. The lowest BCUT2D eigenvalue weighted by atomic mass is 9.98. The number of ketones is 1. The Morgan fingerprint density at radius 2 is 1.30 bits per heavy atom. The van der Waals surface area contributed by atoms with Gasteiger partial charge in [0.25, 0.3) is 0 Å². The number of carbonyl (C=O) groups is 1. The van der Waals surface area contributed by atoms with Crippen LogP contribution < -0.4 is 0 Å². The summed E-state index contributed by atoms with van der Waals surface area (Å²) >= 11 is 0. The first-order valence-corrected chi connectivity index (χ1v) is 12.5. The van der Waals surface area contributed by atoms with E-state index in [1.807, 2.05) is 6.07 Å². The van der Waals surface area contributed by atoms with E-state index in [1.165, 1.54) is 98.4 Å². The SMILES string of the molecule is CCCCCCCCc1ccc2c(c1)Cc1cc(C(=O)CCCCCCC)ccc1-2. The van der Waals surface area contributed by atoms with Crippen LogP contribution in [0, 0.1) is 0 Å². The van der Waals surface area contributed by atoms with Crippen molar-refractivity contribution in [3.05, 3.63) is 58.7 Å². The number of benzene rings is 2. The molecule has 2 aromatic rings. The summed E-state index contributed by atoms with van der Waals surface area (Å²) in [6.07, 6.45) is 17.0. The molecule has 1 aliphatic rings. The van der Waals surface area contributed by atoms with Gasteiger partial charge in [0.1, 0.15) is 0 Å². The van der Waals surface area contributed by atoms with Gasteiger partial charge < -0.3 is 0 Å². The van der Waals surface area contributed by atoms with E-state index >= 15 is 0 Å². The molecule has 1 nitrogen and oxygen atoms in total. The number of aryl methyl sites for hydroxylation is 1. The van der Waals surface area contributed by atoms with Crippen molar-refractivity contribution in [2.45, 2.75) is 104 Å². The van der Waals surface area contributed by atoms with Crippen LogP contribution in [-0.4, -0.2) is 5.78 Å². The lowest BCUT2D eigenvalue weighted by Gasteiger charge is -2.06. The molecule has 0 atom stereocenters. The molecule has 0 N–H and O–H groups in total. The molecule has 0 unspecified atom stereocenters. The van der Waals surface area contributed by atoms with Crippen molar-refractivity contribution >= 4 is 5.78 Å². The highest BCUT2D eigenvalue weighted by molar-refractivity contribution is 5.97. The van der Waals surface area contributed by atoms with Crippen molar-refractivity contribution in [3.63, 3.8) is 0 Å². The lowest BCUT2D eigenvalue weighted by molar-refractivity contribution is 0.0979. The molecule has 0 saturated carbocycles. The number of hydrogen-bond acceptors (Lipinski definition) is 1. The molecule has 1 aliphatic carbocycles. The maximum Gasteiger partial charge on any atom is 0.162 e. The van der Waals surface area contributed by atoms with Crippen LogP contribution in [0.4, 0.5) is 0 Å². The standard InChI is InChI=1S/C29H40O/c1-3-5-7-9-11-12-14-23-16-18-27-25(20-23)22-26-21-24(17-19-28(26)27)29(30)15-13-10-8-6-4-2/h16-21H,3-15,22H2,1-2H3. The smallest absolute Gasteiger partial charge is 0.162 e. The van der Waals surface area contributed by atoms with Crippen molar-refractivity contribution in [2.24, 2.45) is 0 Å². The van der Waals surface area contributed by atoms with Crippen molar-refractivity contribution in [1.82, 2.24) is 0 Å². The van der Waals surface area contributed by atoms with E-state index in [-0.39, 0.29) is 0 Å². The summed E-state index contributed by atoms with van der Waals surface area (Å²) in [7, 11) is 0. The van der Waals surface area contributed by atoms with Gasteiger partial charge in [-0.05, 0) is 59.6 Å². The second kappa shape index (κ2) is 12.1. The summed E-state index contributed by atoms with van der Waals surface area (Å²) in [5.41, 5.74) is 7.85. The Kier molecular flexibility index (Phi) is 9.18. The van der Waals surface area contributed by atoms with Gasteiger partial charge >= 0.3 is 0 Å². The van der Waals surface area contributed by atoms with Crippen molar-refractivity contribution in [3.8, 4) is 11.1 Å². The Morgan fingerprint density at radius 3 is 2.03 bits per heavy atom. The third kappa shape index (κ3) is 6.30. The summed E-state index contributed by atoms with van der Waals surface area (Å²) in [4.78, 5) is 12.6. The van der Waals surface area contributed by atoms with E-state index in [1.54, 1.807) is 0 Å². The molecular weight excluding hydrogens is 364 g/mol. The quantitative estimate of drug-likeness (QED) is 0.194. The lowest BCUT2D eigenvalue weighted by Crippen LogP contribution is -2.00. The van der Waals surface area contributed by atoms with Gasteiger partial charge in [-0.1, -0.05) is 102 Å². The fraction of sp³-hybridized carbons (Fsp3) is 0.552. The third-order valence-electron chi connectivity index (χ3n) is 6.59. The highest BCUT2D eigenvalue weighted by atomic mass is 16.1. The minimum atomic E-state index is 0.314. The van der Waals surface area contributed by atoms with Crippen LogP contribution in [0.1, 0.15) is 118 Å². The van der Waals surface area contributed by atoms with Crippen molar-refractivity contribution < 1.29 is 4.79 Å². The number of Topliss-reactive ketones (excluding diaryl/α,β-unsaturated/α-hetero) is 1. The topological polar surface area (TPSA) is 17.1 Å². The molecule has 1 heteroatoms. The van der Waals surface area contributed by atoms with E-state index in [0.29, 0.717) is 12.2 Å². The maximum atomic E-state index is 12.6. The molecule has 0 aliphatic heterocycles. The molecule has 2 aromatic carbocycles. The molecule has 0 fully saturated rings. The van der Waals surface area contributed by atoms with Crippen LogP contribution in [0.15, 0.2) is 36.4 Å². The Morgan fingerprint density at radius 1 is 0.700 bits per heavy atom. The van der Waals surface area contributed by atoms with Gasteiger partial charge in [-0.2, -0.15) is 0 Å². The first-order valence-electron chi connectivity index (χ1n) is 12.5. The zero-order chi connectivity index (χ0) is 21.2. The summed E-state index contributed by atoms with van der Waals surface area (Å²) in [6, 6.07) is 13.4. The number of fused-ring (bicyclic) bond motifs is 3. The maximum absolute atomic E-state index is 12.6. The number of unbranched alkanes of at least 4 members (excludes halogenated alkanes) is 9. The zero-order valence-electron chi connectivity index (χ0n) is 19.3. The largest absolute Gasteiger partial charge is 0.294 e. The fourth-order valence-corrected chi connectivity index (χ4v) is 4.74. The molecule has 0 heterocycles. The highest BCUT2D eigenvalue weighted by Gasteiger charge is 2.20. The number of hydrogen-bond donors (Lipinski definition) is 0. The minimum Gasteiger partial charge on any atom is -0.294 e. The van der Waals surface area contributed by atoms with E-state index in [4.69, 9.17) is 0 Å². The monoisotopic (exact) mass is 404 g/mol. The molecule has 162 valence electrons.